The molecule has 0 aromatic carbocycles. The Hall–Kier alpha value is -4.04. The van der Waals surface area contributed by atoms with E-state index < -0.39 is 62.2 Å². The maximum atomic E-state index is 11.7. The van der Waals surface area contributed by atoms with Crippen LogP contribution >= 0.6 is 0 Å². The summed E-state index contributed by atoms with van der Waals surface area (Å²) in [5.74, 6) is 0. The summed E-state index contributed by atoms with van der Waals surface area (Å²) < 4.78 is 0. The van der Waals surface area contributed by atoms with Crippen molar-refractivity contribution in [3.05, 3.63) is 24.5 Å². The molecule has 27 heavy (non-hydrogen) atoms. The summed E-state index contributed by atoms with van der Waals surface area (Å²) in [4.78, 5) is 58.5. The van der Waals surface area contributed by atoms with Gasteiger partial charge in [0.05, 0.1) is 0 Å². The minimum atomic E-state index is -1.90. The van der Waals surface area contributed by atoms with Crippen LogP contribution in [0, 0.1) is 24.5 Å². The van der Waals surface area contributed by atoms with Crippen LogP contribution < -0.4 is 5.32 Å². The summed E-state index contributed by atoms with van der Waals surface area (Å²) in [6.45, 7) is 0. The Morgan fingerprint density at radius 3 is 1.07 bits per heavy atom. The molecule has 0 aromatic heterocycles. The highest BCUT2D eigenvalue weighted by Crippen LogP contribution is 2.46. The van der Waals surface area contributed by atoms with Gasteiger partial charge in [-0.15, -0.1) is 0 Å². The summed E-state index contributed by atoms with van der Waals surface area (Å²) in [6.07, 6.45) is -10.4. The largest absolute Gasteiger partial charge is 0.362 e. The summed E-state index contributed by atoms with van der Waals surface area (Å²) in [5.41, 5.74) is 0. The van der Waals surface area contributed by atoms with Crippen molar-refractivity contribution in [3.8, 4) is 0 Å². The molecule has 5 aliphatic rings. The van der Waals surface area contributed by atoms with E-state index in [9.17, 15) is 50.6 Å². The van der Waals surface area contributed by atoms with Gasteiger partial charge in [0.2, 0.25) is 0 Å². The maximum absolute atomic E-state index is 11.7. The Balaban J connectivity index is 2.03. The van der Waals surface area contributed by atoms with Crippen molar-refractivity contribution in [2.75, 3.05) is 0 Å². The third-order valence-corrected chi connectivity index (χ3v) is 4.90. The molecule has 21 heteroatoms. The monoisotopic (exact) mass is 398 g/mol. The molecule has 5 heterocycles. The van der Waals surface area contributed by atoms with Crippen molar-refractivity contribution < 1.29 is 51.2 Å². The molecule has 0 aliphatic carbocycles. The zero-order chi connectivity index (χ0) is 19.9. The van der Waals surface area contributed by atoms with E-state index in [0.717, 1.165) is 0 Å². The Morgan fingerprint density at radius 2 is 0.741 bits per heavy atom. The minimum absolute atomic E-state index is 0.299. The molecule has 5 fully saturated rings. The van der Waals surface area contributed by atoms with Crippen LogP contribution in [0.25, 0.3) is 0 Å². The number of hydrazine groups is 5. The van der Waals surface area contributed by atoms with Gasteiger partial charge in [0.15, 0.2) is 12.3 Å². The summed E-state index contributed by atoms with van der Waals surface area (Å²) in [6, 6.07) is 0. The van der Waals surface area contributed by atoms with Gasteiger partial charge in [0, 0.05) is 0 Å². The van der Waals surface area contributed by atoms with Gasteiger partial charge in [-0.2, -0.15) is 0 Å². The zero-order valence-electron chi connectivity index (χ0n) is 12.7. The second-order valence-corrected chi connectivity index (χ2v) is 5.87. The van der Waals surface area contributed by atoms with Crippen LogP contribution in [0.4, 0.5) is 0 Å². The van der Waals surface area contributed by atoms with Crippen LogP contribution in [0.1, 0.15) is 0 Å². The van der Waals surface area contributed by atoms with Crippen LogP contribution in [0.3, 0.4) is 0 Å². The minimum Gasteiger partial charge on any atom is -0.260 e. The van der Waals surface area contributed by atoms with E-state index in [1.165, 1.54) is 0 Å². The Morgan fingerprint density at radius 1 is 0.481 bits per heavy atom. The fourth-order valence-corrected chi connectivity index (χ4v) is 4.20. The predicted molar refractivity (Wildman–Crippen MR) is 62.1 cm³/mol. The normalized spacial score (nSPS) is 35.6. The quantitative estimate of drug-likeness (QED) is 0.240. The Kier molecular flexibility index (Phi) is 2.90. The lowest BCUT2D eigenvalue weighted by molar-refractivity contribution is -0.982. The molecule has 0 spiro atoms. The van der Waals surface area contributed by atoms with Gasteiger partial charge in [-0.3, -0.25) is 5.32 Å². The molecular formula is C6H12N11O10+5. The molecule has 0 aromatic rings. The fraction of sp³-hybridized carbons (Fsp3) is 1.00. The van der Waals surface area contributed by atoms with E-state index in [4.69, 9.17) is 0 Å². The molecule has 5 rings (SSSR count). The molecule has 0 radical (unpaired) electrons. The smallest absolute Gasteiger partial charge is 0.260 e. The van der Waals surface area contributed by atoms with Gasteiger partial charge in [0.25, 0.3) is 24.7 Å². The molecule has 0 saturated carbocycles. The summed E-state index contributed by atoms with van der Waals surface area (Å²) in [5, 5.41) is 47.3. The Bertz CT molecular complexity index is 774. The van der Waals surface area contributed by atoms with E-state index >= 15 is 0 Å². The van der Waals surface area contributed by atoms with Gasteiger partial charge < -0.3 is 0 Å². The highest BCUT2D eigenvalue weighted by Gasteiger charge is 2.88. The second-order valence-electron chi connectivity index (χ2n) is 5.87. The molecule has 5 aliphatic heterocycles. The highest BCUT2D eigenvalue weighted by molar-refractivity contribution is 5.08. The number of nitrogens with one attached hydrogen (secondary N) is 1. The van der Waals surface area contributed by atoms with E-state index in [0.29, 0.717) is 25.0 Å². The van der Waals surface area contributed by atoms with Crippen molar-refractivity contribution in [1.82, 2.24) is 30.4 Å². The van der Waals surface area contributed by atoms with Crippen LogP contribution in [0.5, 0.6) is 0 Å². The molecule has 6 bridgehead atoms. The van der Waals surface area contributed by atoms with Gasteiger partial charge in [0.1, 0.15) is 24.5 Å². The number of hydrogen-bond donors (Lipinski definition) is 6. The third kappa shape index (κ3) is 1.69. The van der Waals surface area contributed by atoms with E-state index in [1.807, 2.05) is 0 Å². The average molecular weight is 398 g/mol. The van der Waals surface area contributed by atoms with Gasteiger partial charge in [-0.25, -0.2) is 26.0 Å². The summed E-state index contributed by atoms with van der Waals surface area (Å²) in [7, 11) is 0. The molecule has 6 N–H and O–H groups in total. The van der Waals surface area contributed by atoms with Crippen LogP contribution in [0.2, 0.25) is 0 Å². The topological polar surface area (TPSA) is 230 Å². The fourth-order valence-electron chi connectivity index (χ4n) is 4.20. The van der Waals surface area contributed by atoms with Gasteiger partial charge in [-0.1, -0.05) is 0 Å². The number of piperazine rings is 1. The van der Waals surface area contributed by atoms with Crippen molar-refractivity contribution >= 4 is 0 Å². The van der Waals surface area contributed by atoms with Crippen molar-refractivity contribution in [2.45, 2.75) is 37.0 Å². The van der Waals surface area contributed by atoms with Crippen LogP contribution in [-0.2, 0) is 0 Å². The molecular weight excluding hydrogens is 386 g/mol. The maximum Gasteiger partial charge on any atom is 0.362 e. The van der Waals surface area contributed by atoms with Crippen LogP contribution in [-0.4, -0.2) is 113 Å². The Labute approximate surface area is 144 Å². The molecule has 6 atom stereocenters. The highest BCUT2D eigenvalue weighted by atomic mass is 16.7. The molecule has 21 nitrogen and oxygen atoms in total. The molecule has 146 valence electrons. The average Bonchev–Trinajstić information content (AvgIpc) is 2.98. The third-order valence-electron chi connectivity index (χ3n) is 4.90. The first kappa shape index (κ1) is 16.4. The number of nitrogens with zero attached hydrogens (tertiary/aromatic N) is 10. The van der Waals surface area contributed by atoms with E-state index in [1.54, 1.807) is 0 Å². The van der Waals surface area contributed by atoms with Crippen molar-refractivity contribution in [3.63, 3.8) is 0 Å². The number of hydrogen-bond acceptors (Lipinski definition) is 6. The first-order valence-electron chi connectivity index (χ1n) is 7.07. The van der Waals surface area contributed by atoms with Crippen LogP contribution in [0.15, 0.2) is 0 Å². The number of rotatable bonds is 5. The van der Waals surface area contributed by atoms with E-state index in [2.05, 4.69) is 5.32 Å². The lowest BCUT2D eigenvalue weighted by atomic mass is 10.2. The van der Waals surface area contributed by atoms with Crippen molar-refractivity contribution in [1.29, 1.82) is 0 Å². The second kappa shape index (κ2) is 4.77. The first-order chi connectivity index (χ1) is 12.6. The molecule has 5 saturated heterocycles. The van der Waals surface area contributed by atoms with Crippen molar-refractivity contribution in [2.24, 2.45) is 0 Å². The predicted octanol–water partition coefficient (Wildman–Crippen LogP) is -4.49. The standard InChI is InChI=1S/C6H12N11O10/c18-13(19)8-2-4-11(16(24)25)5-6(12(4)17(26)27)10(15(22)23)3(8)1(7-2)9(5)14(20)21/h1-7H,(H,18,19)(H,20,21)(H,22,23)(H,24,25)(H,26,27)/q+5. The van der Waals surface area contributed by atoms with Gasteiger partial charge in [-0.05, 0) is 25.0 Å². The van der Waals surface area contributed by atoms with Gasteiger partial charge >= 0.3 is 25.2 Å². The zero-order valence-corrected chi connectivity index (χ0v) is 12.7. The summed E-state index contributed by atoms with van der Waals surface area (Å²) >= 11 is 0. The SMILES string of the molecule is O=[N+](O)N1C2NC3C1N([N+](=O)O)C1C(N3[N+](=O)O)N([N+](=O)O)C2N1[N+](=O)O. The molecule has 0 amide bonds. The first-order valence-corrected chi connectivity index (χ1v) is 7.07. The lowest BCUT2D eigenvalue weighted by Crippen LogP contribution is -2.77. The molecule has 6 unspecified atom stereocenters. The lowest BCUT2D eigenvalue weighted by Gasteiger charge is -2.36. The van der Waals surface area contributed by atoms with E-state index in [-0.39, 0.29) is 0 Å².